The summed E-state index contributed by atoms with van der Waals surface area (Å²) in [5.74, 6) is -4.38. The molecule has 0 aromatic heterocycles. The van der Waals surface area contributed by atoms with E-state index in [2.05, 4.69) is 13.8 Å². The zero-order valence-corrected chi connectivity index (χ0v) is 24.1. The van der Waals surface area contributed by atoms with Crippen LogP contribution in [0.3, 0.4) is 0 Å². The molecule has 0 radical (unpaired) electrons. The number of aryl methyl sites for hydroxylation is 1. The van der Waals surface area contributed by atoms with Crippen molar-refractivity contribution in [1.82, 2.24) is 0 Å². The lowest BCUT2D eigenvalue weighted by Gasteiger charge is -2.59. The average molecular weight is 539 g/mol. The maximum Gasteiger partial charge on any atom is 0.209 e. The minimum atomic E-state index is -2.58. The number of aromatic hydroxyl groups is 1. The molecule has 0 saturated heterocycles. The Bertz CT molecular complexity index is 1310. The van der Waals surface area contributed by atoms with Gasteiger partial charge in [0.25, 0.3) is 0 Å². The molecular weight excluding hydrogens is 496 g/mol. The van der Waals surface area contributed by atoms with Gasteiger partial charge < -0.3 is 20.4 Å². The highest BCUT2D eigenvalue weighted by Gasteiger charge is 2.71. The van der Waals surface area contributed by atoms with Gasteiger partial charge in [-0.15, -0.1) is 0 Å². The lowest BCUT2D eigenvalue weighted by molar-refractivity contribution is -0.171. The number of hydrogen-bond acceptors (Lipinski definition) is 7. The van der Waals surface area contributed by atoms with Gasteiger partial charge in [0, 0.05) is 22.3 Å². The molecule has 3 aliphatic carbocycles. The van der Waals surface area contributed by atoms with Gasteiger partial charge in [0.2, 0.25) is 5.78 Å². The molecule has 0 amide bonds. The van der Waals surface area contributed by atoms with E-state index in [1.165, 1.54) is 6.07 Å². The fourth-order valence-electron chi connectivity index (χ4n) is 8.08. The molecule has 0 bridgehead atoms. The highest BCUT2D eigenvalue weighted by Crippen LogP contribution is 2.65. The third-order valence-electron chi connectivity index (χ3n) is 9.96. The smallest absolute Gasteiger partial charge is 0.209 e. The van der Waals surface area contributed by atoms with Gasteiger partial charge in [-0.25, -0.2) is 0 Å². The number of hydrogen-bond donors (Lipinski definition) is 4. The van der Waals surface area contributed by atoms with Gasteiger partial charge in [0.15, 0.2) is 17.2 Å². The monoisotopic (exact) mass is 538 g/mol. The first-order valence-electron chi connectivity index (χ1n) is 14.1. The Morgan fingerprint density at radius 1 is 1.08 bits per heavy atom. The molecule has 3 aliphatic rings. The fourth-order valence-corrected chi connectivity index (χ4v) is 8.08. The van der Waals surface area contributed by atoms with E-state index in [0.29, 0.717) is 12.3 Å². The van der Waals surface area contributed by atoms with Crippen molar-refractivity contribution < 1.29 is 34.8 Å². The maximum absolute atomic E-state index is 14.1. The fraction of sp³-hybridized carbons (Fsp3) is 0.594. The van der Waals surface area contributed by atoms with Crippen molar-refractivity contribution in [2.75, 3.05) is 0 Å². The van der Waals surface area contributed by atoms with Crippen LogP contribution in [0.4, 0.5) is 0 Å². The number of carbonyl (C=O) groups excluding carboxylic acids is 3. The molecular formula is C32H42O7. The lowest BCUT2D eigenvalue weighted by Crippen LogP contribution is -2.67. The van der Waals surface area contributed by atoms with Crippen LogP contribution in [0.5, 0.6) is 5.75 Å². The SMILES string of the molecule is CCC(CC)CCc1ccc(O)c2c1C[C@]1(C)C[C@]3(C)C(C(C)C)C(O)=C(C(C)=O)C(=O)[C@]3(O)C(O)=C1C2=O. The molecule has 1 aromatic carbocycles. The summed E-state index contributed by atoms with van der Waals surface area (Å²) in [7, 11) is 0. The van der Waals surface area contributed by atoms with Crippen molar-refractivity contribution in [2.45, 2.75) is 92.6 Å². The summed E-state index contributed by atoms with van der Waals surface area (Å²) in [6.07, 6.45) is 4.20. The third-order valence-corrected chi connectivity index (χ3v) is 9.96. The highest BCUT2D eigenvalue weighted by molar-refractivity contribution is 6.25. The number of phenols is 1. The van der Waals surface area contributed by atoms with Gasteiger partial charge in [-0.1, -0.05) is 60.5 Å². The zero-order valence-electron chi connectivity index (χ0n) is 24.1. The second-order valence-corrected chi connectivity index (χ2v) is 12.8. The highest BCUT2D eigenvalue weighted by atomic mass is 16.3. The van der Waals surface area contributed by atoms with Gasteiger partial charge in [-0.2, -0.15) is 0 Å². The topological polar surface area (TPSA) is 132 Å². The van der Waals surface area contributed by atoms with Crippen LogP contribution < -0.4 is 0 Å². The molecule has 4 rings (SSSR count). The third kappa shape index (κ3) is 3.91. The van der Waals surface area contributed by atoms with Crippen LogP contribution in [0.1, 0.15) is 95.6 Å². The van der Waals surface area contributed by atoms with Gasteiger partial charge in [-0.05, 0) is 61.6 Å². The number of Topliss-reactive ketones (excluding diaryl/α,β-unsaturated/α-hetero) is 3. The van der Waals surface area contributed by atoms with Crippen molar-refractivity contribution in [2.24, 2.45) is 28.6 Å². The van der Waals surface area contributed by atoms with E-state index in [4.69, 9.17) is 0 Å². The number of allylic oxidation sites excluding steroid dienone is 2. The summed E-state index contributed by atoms with van der Waals surface area (Å²) in [6.45, 7) is 12.6. The van der Waals surface area contributed by atoms with Crippen molar-refractivity contribution in [3.05, 3.63) is 51.5 Å². The predicted molar refractivity (Wildman–Crippen MR) is 148 cm³/mol. The van der Waals surface area contributed by atoms with Crippen LogP contribution in [0, 0.1) is 28.6 Å². The van der Waals surface area contributed by atoms with Crippen LogP contribution in [-0.4, -0.2) is 43.4 Å². The summed E-state index contributed by atoms with van der Waals surface area (Å²) in [5, 5.41) is 45.9. The zero-order chi connectivity index (χ0) is 29.2. The first kappa shape index (κ1) is 29.1. The number of phenolic OH excluding ortho intramolecular Hbond substituents is 1. The number of carbonyl (C=O) groups is 3. The van der Waals surface area contributed by atoms with Crippen LogP contribution in [0.15, 0.2) is 34.8 Å². The van der Waals surface area contributed by atoms with Crippen molar-refractivity contribution in [3.63, 3.8) is 0 Å². The Hall–Kier alpha value is -2.93. The molecule has 39 heavy (non-hydrogen) atoms. The molecule has 1 unspecified atom stereocenters. The Labute approximate surface area is 230 Å². The number of ketones is 3. The summed E-state index contributed by atoms with van der Waals surface area (Å²) < 4.78 is 0. The van der Waals surface area contributed by atoms with Crippen LogP contribution in [-0.2, 0) is 22.4 Å². The van der Waals surface area contributed by atoms with Gasteiger partial charge in [-0.3, -0.25) is 14.4 Å². The minimum absolute atomic E-state index is 0.0946. The number of fused-ring (bicyclic) bond motifs is 3. The summed E-state index contributed by atoms with van der Waals surface area (Å²) in [5.41, 5.74) is -3.84. The molecule has 4 atom stereocenters. The normalized spacial score (nSPS) is 30.6. The first-order chi connectivity index (χ1) is 18.1. The van der Waals surface area contributed by atoms with E-state index in [9.17, 15) is 34.8 Å². The number of aliphatic hydroxyl groups excluding tert-OH is 2. The molecule has 212 valence electrons. The number of benzene rings is 1. The second-order valence-electron chi connectivity index (χ2n) is 12.8. The standard InChI is InChI=1S/C32H42O7/c1-8-18(9-2)10-11-19-12-13-21(34)23-20(19)14-30(6)15-31(7)24(16(3)4)26(35)22(17(5)33)28(37)32(31,39)29(38)25(30)27(23)36/h12-13,16,18,24,34-35,38-39H,8-11,14-15H2,1-7H3/t24?,30-,31-,32+/m1/s1. The van der Waals surface area contributed by atoms with Crippen molar-refractivity contribution in [1.29, 1.82) is 0 Å². The number of rotatable bonds is 7. The summed E-state index contributed by atoms with van der Waals surface area (Å²) in [6, 6.07) is 3.35. The van der Waals surface area contributed by atoms with E-state index in [-0.39, 0.29) is 35.0 Å². The summed E-state index contributed by atoms with van der Waals surface area (Å²) in [4.78, 5) is 40.3. The van der Waals surface area contributed by atoms with Gasteiger partial charge in [0.05, 0.1) is 5.56 Å². The Balaban J connectivity index is 1.96. The van der Waals surface area contributed by atoms with E-state index in [0.717, 1.165) is 43.7 Å². The summed E-state index contributed by atoms with van der Waals surface area (Å²) >= 11 is 0. The van der Waals surface area contributed by atoms with Crippen molar-refractivity contribution in [3.8, 4) is 5.75 Å². The van der Waals surface area contributed by atoms with E-state index >= 15 is 0 Å². The number of aliphatic hydroxyl groups is 3. The Morgan fingerprint density at radius 3 is 2.23 bits per heavy atom. The van der Waals surface area contributed by atoms with E-state index in [1.807, 2.05) is 26.8 Å². The average Bonchev–Trinajstić information content (AvgIpc) is 2.82. The van der Waals surface area contributed by atoms with E-state index < -0.39 is 51.0 Å². The van der Waals surface area contributed by atoms with Crippen LogP contribution in [0.2, 0.25) is 0 Å². The van der Waals surface area contributed by atoms with Gasteiger partial charge in [0.1, 0.15) is 22.8 Å². The predicted octanol–water partition coefficient (Wildman–Crippen LogP) is 5.72. The van der Waals surface area contributed by atoms with Crippen LogP contribution in [0.25, 0.3) is 0 Å². The quantitative estimate of drug-likeness (QED) is 0.327. The Morgan fingerprint density at radius 2 is 1.69 bits per heavy atom. The van der Waals surface area contributed by atoms with E-state index in [1.54, 1.807) is 6.92 Å². The molecule has 0 fully saturated rings. The second kappa shape index (κ2) is 9.61. The first-order valence-corrected chi connectivity index (χ1v) is 14.1. The largest absolute Gasteiger partial charge is 0.511 e. The Kier molecular flexibility index (Phi) is 7.16. The molecule has 7 heteroatoms. The molecule has 0 heterocycles. The van der Waals surface area contributed by atoms with Crippen LogP contribution >= 0.6 is 0 Å². The van der Waals surface area contributed by atoms with Gasteiger partial charge >= 0.3 is 0 Å². The minimum Gasteiger partial charge on any atom is -0.511 e. The maximum atomic E-state index is 14.1. The molecule has 0 aliphatic heterocycles. The molecule has 1 aromatic rings. The molecule has 0 spiro atoms. The molecule has 0 saturated carbocycles. The molecule has 4 N–H and O–H groups in total. The molecule has 7 nitrogen and oxygen atoms in total. The lowest BCUT2D eigenvalue weighted by atomic mass is 9.44. The van der Waals surface area contributed by atoms with Crippen molar-refractivity contribution >= 4 is 17.3 Å².